The van der Waals surface area contributed by atoms with Crippen molar-refractivity contribution in [1.29, 1.82) is 0 Å². The predicted octanol–water partition coefficient (Wildman–Crippen LogP) is 3.08. The minimum atomic E-state index is -1.32. The van der Waals surface area contributed by atoms with Crippen molar-refractivity contribution >= 4 is 47.2 Å². The highest BCUT2D eigenvalue weighted by atomic mass is 16.5. The van der Waals surface area contributed by atoms with Gasteiger partial charge in [0.15, 0.2) is 5.78 Å². The van der Waals surface area contributed by atoms with Crippen molar-refractivity contribution < 1.29 is 68.6 Å². The van der Waals surface area contributed by atoms with Crippen LogP contribution in [0.5, 0.6) is 5.75 Å². The number of rotatable bonds is 46. The lowest BCUT2D eigenvalue weighted by Crippen LogP contribution is -2.47. The second kappa shape index (κ2) is 39.1. The molecule has 0 fully saturated rings. The number of amides is 3. The van der Waals surface area contributed by atoms with E-state index in [0.717, 1.165) is 64.2 Å². The molecule has 0 bridgehead atoms. The standard InChI is InChI=1S/C51H85N7O14/c1-35(55-29-16-14-20-42(54-2)50(68)69)40(52)18-13-15-30-56-48(65)41(53)19-10-9-11-21-45(62)44(34-60)58-47(64)37(33-59)32-38(61)25-28-43(51(70)71)57-46(63)22-12-7-5-3-4-6-8-17-31-72-39-26-23-36(24-27-39)49(66)67/h23-24,26-27,37,40-44,54-55,59-60H,1,3-22,25,28-34,52-53H2,2H3,(H,56,65)(H,57,63)(H,58,64)(H,66,67)(H,68,69)(H,70,71)/t37-,40-,41-,42-,43-,44-/m0/s1. The summed E-state index contributed by atoms with van der Waals surface area (Å²) in [4.78, 5) is 97.4. The van der Waals surface area contributed by atoms with Gasteiger partial charge < -0.3 is 68.3 Å². The third-order valence-corrected chi connectivity index (χ3v) is 12.3. The number of Topliss-reactive ketones (excluding diaryl/α,β-unsaturated/α-hetero) is 2. The molecule has 0 spiro atoms. The lowest BCUT2D eigenvalue weighted by Gasteiger charge is -2.20. The van der Waals surface area contributed by atoms with E-state index in [1.54, 1.807) is 19.2 Å². The summed E-state index contributed by atoms with van der Waals surface area (Å²) in [5.41, 5.74) is 13.2. The number of aliphatic hydroxyl groups excluding tert-OH is 2. The first-order chi connectivity index (χ1) is 34.4. The largest absolute Gasteiger partial charge is 0.494 e. The Morgan fingerprint density at radius 1 is 0.583 bits per heavy atom. The Morgan fingerprint density at radius 3 is 1.74 bits per heavy atom. The van der Waals surface area contributed by atoms with E-state index in [2.05, 4.69) is 33.2 Å². The van der Waals surface area contributed by atoms with Crippen molar-refractivity contribution in [2.24, 2.45) is 17.4 Å². The zero-order valence-electron chi connectivity index (χ0n) is 42.3. The number of unbranched alkanes of at least 4 members (excludes halogenated alkanes) is 11. The molecular formula is C51H85N7O14. The molecule has 0 aliphatic carbocycles. The highest BCUT2D eigenvalue weighted by molar-refractivity contribution is 5.92. The number of likely N-dealkylation sites (N-methyl/N-ethyl adjacent to an activating group) is 1. The molecule has 0 aromatic heterocycles. The van der Waals surface area contributed by atoms with Crippen LogP contribution in [0.25, 0.3) is 0 Å². The van der Waals surface area contributed by atoms with Gasteiger partial charge in [-0.2, -0.15) is 0 Å². The third kappa shape index (κ3) is 29.8. The maximum atomic E-state index is 12.9. The van der Waals surface area contributed by atoms with Crippen LogP contribution < -0.4 is 42.8 Å². The molecule has 72 heavy (non-hydrogen) atoms. The normalized spacial score (nSPS) is 13.6. The third-order valence-electron chi connectivity index (χ3n) is 12.3. The minimum absolute atomic E-state index is 0.0155. The van der Waals surface area contributed by atoms with Gasteiger partial charge in [-0.05, 0) is 102 Å². The molecule has 3 amide bonds. The number of nitrogens with two attached hydrogens (primary N) is 2. The molecule has 0 radical (unpaired) electrons. The van der Waals surface area contributed by atoms with Gasteiger partial charge in [-0.3, -0.25) is 28.8 Å². The number of benzene rings is 1. The molecule has 0 saturated carbocycles. The number of aromatic carboxylic acids is 1. The number of ether oxygens (including phenoxy) is 1. The van der Waals surface area contributed by atoms with Crippen LogP contribution in [0.3, 0.4) is 0 Å². The zero-order chi connectivity index (χ0) is 53.7. The second-order valence-corrected chi connectivity index (χ2v) is 18.3. The number of aliphatic hydroxyl groups is 2. The van der Waals surface area contributed by atoms with Crippen LogP contribution in [-0.2, 0) is 33.6 Å². The smallest absolute Gasteiger partial charge is 0.335 e. The molecule has 6 atom stereocenters. The average Bonchev–Trinajstić information content (AvgIpc) is 3.35. The predicted molar refractivity (Wildman–Crippen MR) is 271 cm³/mol. The molecule has 21 heteroatoms. The first-order valence-electron chi connectivity index (χ1n) is 25.6. The fraction of sp³-hybridized carbons (Fsp3) is 0.686. The monoisotopic (exact) mass is 1020 g/mol. The van der Waals surface area contributed by atoms with E-state index in [-0.39, 0.29) is 43.2 Å². The quantitative estimate of drug-likeness (QED) is 0.0418. The molecule has 0 saturated heterocycles. The lowest BCUT2D eigenvalue weighted by atomic mass is 9.97. The molecule has 14 N–H and O–H groups in total. The molecular weight excluding hydrogens is 935 g/mol. The Morgan fingerprint density at radius 2 is 1.14 bits per heavy atom. The topological polar surface area (TPSA) is 359 Å². The van der Waals surface area contributed by atoms with Crippen LogP contribution >= 0.6 is 0 Å². The van der Waals surface area contributed by atoms with Crippen molar-refractivity contribution in [1.82, 2.24) is 26.6 Å². The van der Waals surface area contributed by atoms with Gasteiger partial charge in [-0.1, -0.05) is 57.9 Å². The lowest BCUT2D eigenvalue weighted by molar-refractivity contribution is -0.142. The van der Waals surface area contributed by atoms with Crippen LogP contribution in [0.1, 0.15) is 158 Å². The number of carbonyl (C=O) groups excluding carboxylic acids is 5. The zero-order valence-corrected chi connectivity index (χ0v) is 42.3. The summed E-state index contributed by atoms with van der Waals surface area (Å²) >= 11 is 0. The van der Waals surface area contributed by atoms with Crippen molar-refractivity contribution in [3.63, 3.8) is 0 Å². The summed E-state index contributed by atoms with van der Waals surface area (Å²) in [6, 6.07) is 2.11. The van der Waals surface area contributed by atoms with Gasteiger partial charge in [0.25, 0.3) is 0 Å². The maximum Gasteiger partial charge on any atom is 0.335 e. The van der Waals surface area contributed by atoms with Gasteiger partial charge in [0.2, 0.25) is 17.7 Å². The van der Waals surface area contributed by atoms with Crippen molar-refractivity contribution in [2.75, 3.05) is 40.0 Å². The second-order valence-electron chi connectivity index (χ2n) is 18.3. The number of carboxylic acids is 3. The van der Waals surface area contributed by atoms with E-state index in [9.17, 15) is 53.7 Å². The van der Waals surface area contributed by atoms with Crippen LogP contribution in [0.4, 0.5) is 0 Å². The Balaban J connectivity index is 2.24. The SMILES string of the molecule is C=C(NCCCC[C@H](NC)C(=O)O)[C@@H](N)CCCCNC(=O)[C@@H](N)CCCCCC(=O)[C@H](CO)NC(=O)[C@H](CO)CC(=O)CC[C@H](NC(=O)CCCCCCCCCCOc1ccc(C(=O)O)cc1)C(=O)O. The summed E-state index contributed by atoms with van der Waals surface area (Å²) < 4.78 is 5.65. The molecule has 0 aliphatic rings. The highest BCUT2D eigenvalue weighted by Gasteiger charge is 2.28. The number of carboxylic acid groups (broad SMARTS) is 3. The Bertz CT molecular complexity index is 1800. The van der Waals surface area contributed by atoms with E-state index >= 15 is 0 Å². The molecule has 0 unspecified atom stereocenters. The fourth-order valence-corrected chi connectivity index (χ4v) is 7.69. The van der Waals surface area contributed by atoms with Crippen LogP contribution in [-0.4, -0.2) is 143 Å². The van der Waals surface area contributed by atoms with Gasteiger partial charge in [0, 0.05) is 50.5 Å². The average molecular weight is 1020 g/mol. The van der Waals surface area contributed by atoms with E-state index in [1.807, 2.05) is 0 Å². The molecule has 0 heterocycles. The number of hydrogen-bond donors (Lipinski definition) is 12. The molecule has 408 valence electrons. The first kappa shape index (κ1) is 64.5. The van der Waals surface area contributed by atoms with Gasteiger partial charge in [-0.15, -0.1) is 0 Å². The summed E-state index contributed by atoms with van der Waals surface area (Å²) in [7, 11) is 1.62. The Hall–Kier alpha value is -5.48. The van der Waals surface area contributed by atoms with Crippen LogP contribution in [0, 0.1) is 5.92 Å². The van der Waals surface area contributed by atoms with E-state index < -0.39 is 91.0 Å². The number of ketones is 2. The maximum absolute atomic E-state index is 12.9. The van der Waals surface area contributed by atoms with Crippen LogP contribution in [0.15, 0.2) is 36.5 Å². The molecule has 1 rings (SSSR count). The van der Waals surface area contributed by atoms with Crippen molar-refractivity contribution in [2.45, 2.75) is 178 Å². The number of hydrogen-bond acceptors (Lipinski definition) is 15. The van der Waals surface area contributed by atoms with Crippen LogP contribution in [0.2, 0.25) is 0 Å². The van der Waals surface area contributed by atoms with Gasteiger partial charge in [-0.25, -0.2) is 9.59 Å². The molecule has 21 nitrogen and oxygen atoms in total. The summed E-state index contributed by atoms with van der Waals surface area (Å²) in [6.45, 7) is 4.16. The number of carbonyl (C=O) groups is 8. The highest BCUT2D eigenvalue weighted by Crippen LogP contribution is 2.16. The van der Waals surface area contributed by atoms with Crippen molar-refractivity contribution in [3.05, 3.63) is 42.1 Å². The molecule has 1 aromatic rings. The van der Waals surface area contributed by atoms with Gasteiger partial charge in [0.05, 0.1) is 37.3 Å². The fourth-order valence-electron chi connectivity index (χ4n) is 7.69. The number of nitrogens with one attached hydrogen (secondary N) is 5. The molecule has 0 aliphatic heterocycles. The van der Waals surface area contributed by atoms with Gasteiger partial charge >= 0.3 is 17.9 Å². The van der Waals surface area contributed by atoms with Gasteiger partial charge in [0.1, 0.15) is 29.7 Å². The minimum Gasteiger partial charge on any atom is -0.494 e. The Labute approximate surface area is 424 Å². The van der Waals surface area contributed by atoms with E-state index in [0.29, 0.717) is 82.5 Å². The summed E-state index contributed by atoms with van der Waals surface area (Å²) in [5.74, 6) is -6.33. The number of aliphatic carboxylic acids is 2. The van der Waals surface area contributed by atoms with Crippen molar-refractivity contribution in [3.8, 4) is 5.75 Å². The first-order valence-corrected chi connectivity index (χ1v) is 25.6. The summed E-state index contributed by atoms with van der Waals surface area (Å²) in [5, 5.41) is 61.1. The van der Waals surface area contributed by atoms with E-state index in [4.69, 9.17) is 26.4 Å². The summed E-state index contributed by atoms with van der Waals surface area (Å²) in [6.07, 6.45) is 12.4. The van der Waals surface area contributed by atoms with E-state index in [1.165, 1.54) is 12.1 Å². The Kier molecular flexibility index (Phi) is 35.0. The molecule has 1 aromatic carbocycles.